The fourth-order valence-electron chi connectivity index (χ4n) is 1.49. The lowest BCUT2D eigenvalue weighted by Gasteiger charge is -2.19. The molecule has 0 bridgehead atoms. The van der Waals surface area contributed by atoms with Crippen LogP contribution in [0.2, 0.25) is 0 Å². The summed E-state index contributed by atoms with van der Waals surface area (Å²) in [4.78, 5) is 8.29. The SMILES string of the molecule is Nc1nc(-c2nc(C3COCCO3)no2)cs1. The Balaban J connectivity index is 1.82. The van der Waals surface area contributed by atoms with Crippen LogP contribution >= 0.6 is 11.3 Å². The van der Waals surface area contributed by atoms with Gasteiger partial charge in [0.15, 0.2) is 5.13 Å². The Bertz CT molecular complexity index is 506. The third kappa shape index (κ3) is 2.14. The van der Waals surface area contributed by atoms with E-state index < -0.39 is 0 Å². The fraction of sp³-hybridized carbons (Fsp3) is 0.444. The van der Waals surface area contributed by atoms with Crippen molar-refractivity contribution in [2.45, 2.75) is 6.10 Å². The van der Waals surface area contributed by atoms with E-state index >= 15 is 0 Å². The first-order chi connectivity index (χ1) is 8.33. The van der Waals surface area contributed by atoms with Crippen molar-refractivity contribution in [3.05, 3.63) is 11.2 Å². The van der Waals surface area contributed by atoms with Crippen LogP contribution in [0.3, 0.4) is 0 Å². The van der Waals surface area contributed by atoms with Crippen molar-refractivity contribution in [1.29, 1.82) is 0 Å². The molecule has 0 spiro atoms. The Morgan fingerprint density at radius 2 is 2.29 bits per heavy atom. The molecular weight excluding hydrogens is 244 g/mol. The van der Waals surface area contributed by atoms with Gasteiger partial charge in [-0.3, -0.25) is 0 Å². The van der Waals surface area contributed by atoms with E-state index in [4.69, 9.17) is 19.7 Å². The maximum Gasteiger partial charge on any atom is 0.277 e. The number of nitrogens with two attached hydrogens (primary N) is 1. The molecule has 2 N–H and O–H groups in total. The summed E-state index contributed by atoms with van der Waals surface area (Å²) < 4.78 is 15.9. The van der Waals surface area contributed by atoms with E-state index in [0.29, 0.717) is 42.4 Å². The molecule has 1 saturated heterocycles. The zero-order valence-electron chi connectivity index (χ0n) is 8.83. The monoisotopic (exact) mass is 254 g/mol. The predicted molar refractivity (Wildman–Crippen MR) is 59.3 cm³/mol. The van der Waals surface area contributed by atoms with Crippen molar-refractivity contribution in [3.8, 4) is 11.6 Å². The van der Waals surface area contributed by atoms with Gasteiger partial charge in [0.25, 0.3) is 5.89 Å². The Labute approximate surface area is 101 Å². The first-order valence-electron chi connectivity index (χ1n) is 5.07. The number of ether oxygens (including phenoxy) is 2. The summed E-state index contributed by atoms with van der Waals surface area (Å²) in [6, 6.07) is 0. The Morgan fingerprint density at radius 3 is 3.00 bits per heavy atom. The van der Waals surface area contributed by atoms with Gasteiger partial charge in [-0.25, -0.2) is 4.98 Å². The fourth-order valence-corrected chi connectivity index (χ4v) is 2.03. The number of nitrogens with zero attached hydrogens (tertiary/aromatic N) is 3. The first-order valence-corrected chi connectivity index (χ1v) is 5.95. The number of hydrogen-bond donors (Lipinski definition) is 1. The van der Waals surface area contributed by atoms with Crippen molar-refractivity contribution in [2.75, 3.05) is 25.6 Å². The largest absolute Gasteiger partial charge is 0.376 e. The van der Waals surface area contributed by atoms with Crippen LogP contribution in [0, 0.1) is 0 Å². The molecular formula is C9H10N4O3S. The van der Waals surface area contributed by atoms with Gasteiger partial charge < -0.3 is 19.7 Å². The Hall–Kier alpha value is -1.51. The summed E-state index contributed by atoms with van der Waals surface area (Å²) in [5, 5.41) is 6.10. The highest BCUT2D eigenvalue weighted by Crippen LogP contribution is 2.24. The van der Waals surface area contributed by atoms with Crippen LogP contribution in [0.5, 0.6) is 0 Å². The third-order valence-corrected chi connectivity index (χ3v) is 2.96. The Morgan fingerprint density at radius 1 is 1.35 bits per heavy atom. The lowest BCUT2D eigenvalue weighted by molar-refractivity contribution is -0.0941. The molecule has 1 aliphatic heterocycles. The van der Waals surface area contributed by atoms with Crippen LogP contribution < -0.4 is 5.73 Å². The number of nitrogen functional groups attached to an aromatic ring is 1. The molecule has 1 aliphatic rings. The molecule has 0 aromatic carbocycles. The molecule has 1 fully saturated rings. The van der Waals surface area contributed by atoms with Gasteiger partial charge in [0, 0.05) is 5.38 Å². The predicted octanol–water partition coefficient (Wildman–Crippen LogP) is 0.863. The maximum absolute atomic E-state index is 5.54. The van der Waals surface area contributed by atoms with E-state index in [2.05, 4.69) is 15.1 Å². The minimum absolute atomic E-state index is 0.266. The minimum atomic E-state index is -0.266. The van der Waals surface area contributed by atoms with Gasteiger partial charge in [0.2, 0.25) is 5.82 Å². The summed E-state index contributed by atoms with van der Waals surface area (Å²) in [6.45, 7) is 1.58. The second-order valence-corrected chi connectivity index (χ2v) is 4.35. The molecule has 0 amide bonds. The molecule has 0 saturated carbocycles. The molecule has 1 atom stereocenters. The first kappa shape index (κ1) is 10.6. The zero-order valence-corrected chi connectivity index (χ0v) is 9.64. The van der Waals surface area contributed by atoms with Gasteiger partial charge in [-0.05, 0) is 0 Å². The van der Waals surface area contributed by atoms with E-state index in [-0.39, 0.29) is 6.10 Å². The van der Waals surface area contributed by atoms with E-state index in [1.165, 1.54) is 11.3 Å². The van der Waals surface area contributed by atoms with E-state index in [0.717, 1.165) is 0 Å². The van der Waals surface area contributed by atoms with Crippen LogP contribution in [0.15, 0.2) is 9.90 Å². The summed E-state index contributed by atoms with van der Waals surface area (Å²) in [6.07, 6.45) is -0.266. The van der Waals surface area contributed by atoms with Gasteiger partial charge in [-0.15, -0.1) is 11.3 Å². The zero-order chi connectivity index (χ0) is 11.7. The standard InChI is InChI=1S/C9H10N4O3S/c10-9-11-5(4-17-9)8-12-7(13-16-8)6-3-14-1-2-15-6/h4,6H,1-3H2,(H2,10,11). The smallest absolute Gasteiger partial charge is 0.277 e. The average Bonchev–Trinajstić information content (AvgIpc) is 2.98. The molecule has 3 heterocycles. The van der Waals surface area contributed by atoms with Crippen LogP contribution in [0.25, 0.3) is 11.6 Å². The number of aromatic nitrogens is 3. The average molecular weight is 254 g/mol. The van der Waals surface area contributed by atoms with Crippen LogP contribution in [0.1, 0.15) is 11.9 Å². The molecule has 2 aromatic rings. The lowest BCUT2D eigenvalue weighted by atomic mass is 10.3. The highest BCUT2D eigenvalue weighted by molar-refractivity contribution is 7.13. The van der Waals surface area contributed by atoms with Gasteiger partial charge in [0.05, 0.1) is 19.8 Å². The molecule has 90 valence electrons. The van der Waals surface area contributed by atoms with Gasteiger partial charge in [0.1, 0.15) is 11.8 Å². The highest BCUT2D eigenvalue weighted by atomic mass is 32.1. The second-order valence-electron chi connectivity index (χ2n) is 3.46. The third-order valence-electron chi connectivity index (χ3n) is 2.29. The van der Waals surface area contributed by atoms with E-state index in [9.17, 15) is 0 Å². The quantitative estimate of drug-likeness (QED) is 0.849. The normalized spacial score (nSPS) is 20.6. The van der Waals surface area contributed by atoms with E-state index in [1.54, 1.807) is 5.38 Å². The van der Waals surface area contributed by atoms with Crippen molar-refractivity contribution in [3.63, 3.8) is 0 Å². The number of anilines is 1. The van der Waals surface area contributed by atoms with Crippen molar-refractivity contribution >= 4 is 16.5 Å². The molecule has 8 heteroatoms. The molecule has 0 radical (unpaired) electrons. The number of thiazole rings is 1. The van der Waals surface area contributed by atoms with Crippen molar-refractivity contribution < 1.29 is 14.0 Å². The van der Waals surface area contributed by atoms with Crippen LogP contribution in [-0.4, -0.2) is 34.9 Å². The lowest BCUT2D eigenvalue weighted by Crippen LogP contribution is -2.22. The maximum atomic E-state index is 5.54. The topological polar surface area (TPSA) is 96.3 Å². The second kappa shape index (κ2) is 4.40. The van der Waals surface area contributed by atoms with E-state index in [1.807, 2.05) is 0 Å². The number of hydrogen-bond acceptors (Lipinski definition) is 8. The molecule has 17 heavy (non-hydrogen) atoms. The summed E-state index contributed by atoms with van der Waals surface area (Å²) >= 11 is 1.33. The summed E-state index contributed by atoms with van der Waals surface area (Å²) in [5.41, 5.74) is 6.12. The summed E-state index contributed by atoms with van der Waals surface area (Å²) in [7, 11) is 0. The molecule has 2 aromatic heterocycles. The van der Waals surface area contributed by atoms with Crippen molar-refractivity contribution in [2.24, 2.45) is 0 Å². The molecule has 3 rings (SSSR count). The van der Waals surface area contributed by atoms with Gasteiger partial charge in [-0.2, -0.15) is 4.98 Å². The number of rotatable bonds is 2. The van der Waals surface area contributed by atoms with Gasteiger partial charge in [-0.1, -0.05) is 5.16 Å². The Kier molecular flexibility index (Phi) is 2.75. The van der Waals surface area contributed by atoms with Crippen LogP contribution in [-0.2, 0) is 9.47 Å². The van der Waals surface area contributed by atoms with Crippen LogP contribution in [0.4, 0.5) is 5.13 Å². The molecule has 7 nitrogen and oxygen atoms in total. The van der Waals surface area contributed by atoms with Gasteiger partial charge >= 0.3 is 0 Å². The molecule has 1 unspecified atom stereocenters. The minimum Gasteiger partial charge on any atom is -0.376 e. The summed E-state index contributed by atoms with van der Waals surface area (Å²) in [5.74, 6) is 0.827. The molecule has 0 aliphatic carbocycles. The van der Waals surface area contributed by atoms with Crippen molar-refractivity contribution in [1.82, 2.24) is 15.1 Å². The highest BCUT2D eigenvalue weighted by Gasteiger charge is 2.23.